The molecule has 0 aliphatic carbocycles. The topological polar surface area (TPSA) is 17.1 Å². The van der Waals surface area contributed by atoms with Crippen molar-refractivity contribution in [2.24, 2.45) is 0 Å². The lowest BCUT2D eigenvalue weighted by molar-refractivity contribution is 0.560. The number of thioether (sulfide) groups is 1. The highest BCUT2D eigenvalue weighted by Gasteiger charge is 1.91. The third kappa shape index (κ3) is 3.58. The second-order valence-corrected chi connectivity index (χ2v) is 3.54. The van der Waals surface area contributed by atoms with E-state index in [1.165, 1.54) is 5.56 Å². The van der Waals surface area contributed by atoms with Crippen molar-refractivity contribution in [1.82, 2.24) is 0 Å². The summed E-state index contributed by atoms with van der Waals surface area (Å²) in [5.41, 5.74) is 1.33. The van der Waals surface area contributed by atoms with Gasteiger partial charge in [-0.25, -0.2) is 0 Å². The molecule has 0 saturated heterocycles. The summed E-state index contributed by atoms with van der Waals surface area (Å²) in [6.07, 6.45) is 2.90. The molecule has 0 bridgehead atoms. The Labute approximate surface area is 77.2 Å². The predicted octanol–water partition coefficient (Wildman–Crippen LogP) is 2.07. The van der Waals surface area contributed by atoms with E-state index < -0.39 is 0 Å². The van der Waals surface area contributed by atoms with Crippen molar-refractivity contribution in [2.45, 2.75) is 6.42 Å². The minimum atomic E-state index is 0.493. The van der Waals surface area contributed by atoms with E-state index >= 15 is 0 Å². The van der Waals surface area contributed by atoms with Gasteiger partial charge < -0.3 is 0 Å². The summed E-state index contributed by atoms with van der Waals surface area (Å²) in [5.74, 6) is 1.49. The maximum Gasteiger partial charge on any atom is 0.209 e. The smallest absolute Gasteiger partial charge is 0.209 e. The molecule has 0 amide bonds. The van der Waals surface area contributed by atoms with Crippen molar-refractivity contribution < 1.29 is 4.79 Å². The first-order valence-corrected chi connectivity index (χ1v) is 5.05. The van der Waals surface area contributed by atoms with Gasteiger partial charge in [0, 0.05) is 0 Å². The number of carbonyl (C=O) groups excluding carboxylic acids is 1. The van der Waals surface area contributed by atoms with E-state index in [2.05, 4.69) is 12.1 Å². The van der Waals surface area contributed by atoms with Gasteiger partial charge in [0.15, 0.2) is 0 Å². The first-order chi connectivity index (χ1) is 5.93. The van der Waals surface area contributed by atoms with Gasteiger partial charge in [0.25, 0.3) is 0 Å². The molecule has 1 nitrogen and oxygen atoms in total. The van der Waals surface area contributed by atoms with E-state index in [1.54, 1.807) is 11.8 Å². The van der Waals surface area contributed by atoms with Gasteiger partial charge >= 0.3 is 0 Å². The first-order valence-electron chi connectivity index (χ1n) is 3.90. The van der Waals surface area contributed by atoms with Crippen molar-refractivity contribution in [2.75, 3.05) is 11.5 Å². The molecule has 1 aromatic carbocycles. The van der Waals surface area contributed by atoms with E-state index in [0.29, 0.717) is 5.75 Å². The number of benzene rings is 1. The van der Waals surface area contributed by atoms with E-state index in [1.807, 2.05) is 24.5 Å². The van der Waals surface area contributed by atoms with Crippen molar-refractivity contribution in [3.63, 3.8) is 0 Å². The van der Waals surface area contributed by atoms with Crippen LogP contribution in [-0.2, 0) is 11.2 Å². The average Bonchev–Trinajstić information content (AvgIpc) is 2.14. The van der Waals surface area contributed by atoms with Crippen LogP contribution in [0.5, 0.6) is 0 Å². The zero-order chi connectivity index (χ0) is 8.65. The Hall–Kier alpha value is -0.760. The molecule has 0 fully saturated rings. The second kappa shape index (κ2) is 5.84. The van der Waals surface area contributed by atoms with E-state index in [0.717, 1.165) is 12.2 Å². The maximum atomic E-state index is 9.87. The SMILES string of the molecule is O=[C]CSCCc1ccccc1. The van der Waals surface area contributed by atoms with Crippen LogP contribution in [0.2, 0.25) is 0 Å². The van der Waals surface area contributed by atoms with Gasteiger partial charge in [-0.2, -0.15) is 11.8 Å². The van der Waals surface area contributed by atoms with Gasteiger partial charge in [0.2, 0.25) is 6.29 Å². The Morgan fingerprint density at radius 2 is 2.00 bits per heavy atom. The highest BCUT2D eigenvalue weighted by molar-refractivity contribution is 7.99. The van der Waals surface area contributed by atoms with Gasteiger partial charge in [-0.15, -0.1) is 0 Å². The molecule has 0 aliphatic rings. The van der Waals surface area contributed by atoms with Crippen molar-refractivity contribution >= 4 is 18.0 Å². The molecule has 0 saturated carbocycles. The molecule has 63 valence electrons. The molecule has 12 heavy (non-hydrogen) atoms. The summed E-state index contributed by atoms with van der Waals surface area (Å²) >= 11 is 1.62. The van der Waals surface area contributed by atoms with Gasteiger partial charge in [-0.05, 0) is 17.7 Å². The van der Waals surface area contributed by atoms with Crippen LogP contribution in [-0.4, -0.2) is 17.8 Å². The number of aryl methyl sites for hydroxylation is 1. The second-order valence-electron chi connectivity index (χ2n) is 2.43. The average molecular weight is 179 g/mol. The van der Waals surface area contributed by atoms with Crippen LogP contribution in [0.3, 0.4) is 0 Å². The highest BCUT2D eigenvalue weighted by atomic mass is 32.2. The number of rotatable bonds is 5. The van der Waals surface area contributed by atoms with Crippen LogP contribution < -0.4 is 0 Å². The maximum absolute atomic E-state index is 9.87. The highest BCUT2D eigenvalue weighted by Crippen LogP contribution is 2.05. The lowest BCUT2D eigenvalue weighted by Crippen LogP contribution is -1.89. The van der Waals surface area contributed by atoms with Crippen molar-refractivity contribution in [3.8, 4) is 0 Å². The fourth-order valence-electron chi connectivity index (χ4n) is 0.949. The first kappa shape index (κ1) is 9.33. The largest absolute Gasteiger partial charge is 0.290 e. The third-order valence-electron chi connectivity index (χ3n) is 1.54. The number of hydrogen-bond acceptors (Lipinski definition) is 2. The Balaban J connectivity index is 2.20. The quantitative estimate of drug-likeness (QED) is 0.644. The fourth-order valence-corrected chi connectivity index (χ4v) is 1.56. The molecule has 0 spiro atoms. The molecule has 0 aromatic heterocycles. The predicted molar refractivity (Wildman–Crippen MR) is 53.2 cm³/mol. The third-order valence-corrected chi connectivity index (χ3v) is 2.35. The lowest BCUT2D eigenvalue weighted by atomic mass is 10.2. The molecule has 1 rings (SSSR count). The van der Waals surface area contributed by atoms with Crippen molar-refractivity contribution in [3.05, 3.63) is 35.9 Å². The normalized spacial score (nSPS) is 9.67. The minimum absolute atomic E-state index is 0.493. The summed E-state index contributed by atoms with van der Waals surface area (Å²) in [6, 6.07) is 10.3. The Kier molecular flexibility index (Phi) is 4.54. The Morgan fingerprint density at radius 1 is 1.25 bits per heavy atom. The summed E-state index contributed by atoms with van der Waals surface area (Å²) in [4.78, 5) is 9.87. The van der Waals surface area contributed by atoms with Crippen LogP contribution in [0, 0.1) is 0 Å². The lowest BCUT2D eigenvalue weighted by Gasteiger charge is -1.97. The van der Waals surface area contributed by atoms with E-state index in [-0.39, 0.29) is 0 Å². The standard InChI is InChI=1S/C10H11OS/c11-7-9-12-8-6-10-4-2-1-3-5-10/h1-5H,6,8-9H2. The molecule has 1 aromatic rings. The molecule has 0 aliphatic heterocycles. The molecule has 0 unspecified atom stereocenters. The molecular weight excluding hydrogens is 168 g/mol. The molecule has 2 heteroatoms. The molecule has 0 atom stereocenters. The van der Waals surface area contributed by atoms with Gasteiger partial charge in [0.1, 0.15) is 0 Å². The fraction of sp³-hybridized carbons (Fsp3) is 0.300. The molecule has 0 N–H and O–H groups in total. The Bertz CT molecular complexity index is 221. The minimum Gasteiger partial charge on any atom is -0.290 e. The zero-order valence-electron chi connectivity index (χ0n) is 6.82. The molecule has 0 heterocycles. The molecule has 1 radical (unpaired) electrons. The summed E-state index contributed by atoms with van der Waals surface area (Å²) in [5, 5.41) is 0. The Morgan fingerprint density at radius 3 is 2.67 bits per heavy atom. The summed E-state index contributed by atoms with van der Waals surface area (Å²) < 4.78 is 0. The van der Waals surface area contributed by atoms with Crippen LogP contribution >= 0.6 is 11.8 Å². The van der Waals surface area contributed by atoms with Gasteiger partial charge in [-0.1, -0.05) is 30.3 Å². The van der Waals surface area contributed by atoms with Crippen LogP contribution in [0.1, 0.15) is 5.56 Å². The van der Waals surface area contributed by atoms with Crippen molar-refractivity contribution in [1.29, 1.82) is 0 Å². The monoisotopic (exact) mass is 179 g/mol. The number of hydrogen-bond donors (Lipinski definition) is 0. The van der Waals surface area contributed by atoms with Gasteiger partial charge in [-0.3, -0.25) is 4.79 Å². The van der Waals surface area contributed by atoms with Gasteiger partial charge in [0.05, 0.1) is 5.75 Å². The van der Waals surface area contributed by atoms with Crippen LogP contribution in [0.15, 0.2) is 30.3 Å². The van der Waals surface area contributed by atoms with E-state index in [4.69, 9.17) is 0 Å². The summed E-state index contributed by atoms with van der Waals surface area (Å²) in [6.45, 7) is 0. The zero-order valence-corrected chi connectivity index (χ0v) is 7.64. The van der Waals surface area contributed by atoms with E-state index in [9.17, 15) is 4.79 Å². The summed E-state index contributed by atoms with van der Waals surface area (Å²) in [7, 11) is 0. The molecular formula is C10H11OS. The van der Waals surface area contributed by atoms with Crippen LogP contribution in [0.4, 0.5) is 0 Å². The van der Waals surface area contributed by atoms with Crippen LogP contribution in [0.25, 0.3) is 0 Å².